The van der Waals surface area contributed by atoms with E-state index in [4.69, 9.17) is 42.6 Å². The number of hydrogen-bond acceptors (Lipinski definition) is 15. The topological polar surface area (TPSA) is 192 Å². The molecule has 0 spiro atoms. The number of imide groups is 2. The summed E-state index contributed by atoms with van der Waals surface area (Å²) in [5, 5.41) is 0. The van der Waals surface area contributed by atoms with E-state index in [-0.39, 0.29) is 61.9 Å². The molecule has 4 amide bonds. The summed E-state index contributed by atoms with van der Waals surface area (Å²) in [6.07, 6.45) is -11.5. The maximum absolute atomic E-state index is 14.9. The van der Waals surface area contributed by atoms with Gasteiger partial charge in [-0.2, -0.15) is 0 Å². The molecule has 10 rings (SSSR count). The minimum Gasteiger partial charge on any atom is -0.457 e. The molecular formula is C60H56N2O15. The Hall–Kier alpha value is -7.74. The van der Waals surface area contributed by atoms with E-state index in [0.717, 1.165) is 20.9 Å². The lowest BCUT2D eigenvalue weighted by atomic mass is 9.93. The molecule has 0 N–H and O–H groups in total. The number of carbonyl (C=O) groups excluding carboxylic acids is 6. The van der Waals surface area contributed by atoms with Gasteiger partial charge in [-0.15, -0.1) is 0 Å². The van der Waals surface area contributed by atoms with Gasteiger partial charge >= 0.3 is 11.9 Å². The highest BCUT2D eigenvalue weighted by molar-refractivity contribution is 6.22. The molecule has 0 aliphatic carbocycles. The molecule has 77 heavy (non-hydrogen) atoms. The molecule has 6 aromatic carbocycles. The second kappa shape index (κ2) is 24.1. The van der Waals surface area contributed by atoms with Gasteiger partial charge in [-0.25, -0.2) is 0 Å². The molecule has 0 bridgehead atoms. The summed E-state index contributed by atoms with van der Waals surface area (Å²) in [7, 11) is 0. The van der Waals surface area contributed by atoms with Gasteiger partial charge in [-0.05, 0) is 46.5 Å². The zero-order valence-electron chi connectivity index (χ0n) is 42.2. The lowest BCUT2D eigenvalue weighted by molar-refractivity contribution is -0.362. The Morgan fingerprint density at radius 2 is 0.688 bits per heavy atom. The van der Waals surface area contributed by atoms with E-state index in [1.165, 1.54) is 38.1 Å². The maximum atomic E-state index is 14.9. The van der Waals surface area contributed by atoms with Crippen molar-refractivity contribution in [3.05, 3.63) is 214 Å². The average Bonchev–Trinajstić information content (AvgIpc) is 3.86. The number of benzene rings is 6. The lowest BCUT2D eigenvalue weighted by Crippen LogP contribution is -2.71. The van der Waals surface area contributed by atoms with Gasteiger partial charge in [0, 0.05) is 13.8 Å². The van der Waals surface area contributed by atoms with Crippen molar-refractivity contribution in [2.24, 2.45) is 0 Å². The van der Waals surface area contributed by atoms with Crippen molar-refractivity contribution in [2.75, 3.05) is 13.2 Å². The summed E-state index contributed by atoms with van der Waals surface area (Å²) in [5.74, 6) is -4.36. The minimum atomic E-state index is -1.77. The Morgan fingerprint density at radius 1 is 0.403 bits per heavy atom. The van der Waals surface area contributed by atoms with Crippen LogP contribution in [0.1, 0.15) is 77.5 Å². The van der Waals surface area contributed by atoms with E-state index < -0.39 is 96.9 Å². The van der Waals surface area contributed by atoms with Crippen LogP contribution >= 0.6 is 0 Å². The van der Waals surface area contributed by atoms with Crippen LogP contribution in [0.5, 0.6) is 0 Å². The molecule has 2 saturated heterocycles. The fourth-order valence-corrected chi connectivity index (χ4v) is 10.2. The predicted molar refractivity (Wildman–Crippen MR) is 273 cm³/mol. The first-order valence-corrected chi connectivity index (χ1v) is 25.3. The zero-order valence-corrected chi connectivity index (χ0v) is 42.2. The standard InChI is InChI=1S/C60H56N2O15/c1-37(63)73-51-47(35-69-31-39-19-7-3-8-20-39)75-59(49(53(51)71-33-41-23-11-5-12-24-41)61-55(65)43-27-15-16-28-44(43)56(61)66)77-60-50(62-57(67)45-29-17-18-30-46(45)58(62)68)54(72-34-42-25-13-6-14-26-42)52(74-38(2)64)48(76-60)36-70-32-40-21-9-4-10-22-40/h3-30,47-54,59-60H,31-36H2,1-2H3/t47-,48-,49-,50-,51+,52+,53-,54-,59+,60+/m1/s1. The summed E-state index contributed by atoms with van der Waals surface area (Å²) in [4.78, 5) is 88.0. The molecule has 6 aromatic rings. The number of rotatable bonds is 20. The quantitative estimate of drug-likeness (QED) is 0.0548. The molecule has 17 heteroatoms. The molecular weight excluding hydrogens is 989 g/mol. The van der Waals surface area contributed by atoms with Gasteiger partial charge in [0.05, 0.1) is 61.9 Å². The van der Waals surface area contributed by atoms with Crippen LogP contribution in [0.25, 0.3) is 0 Å². The Labute approximate surface area is 444 Å². The molecule has 4 aliphatic heterocycles. The van der Waals surface area contributed by atoms with E-state index in [2.05, 4.69) is 0 Å². The molecule has 0 radical (unpaired) electrons. The third kappa shape index (κ3) is 11.7. The van der Waals surface area contributed by atoms with Crippen LogP contribution in [0.4, 0.5) is 0 Å². The van der Waals surface area contributed by atoms with E-state index in [1.807, 2.05) is 121 Å². The molecule has 396 valence electrons. The van der Waals surface area contributed by atoms with Crippen molar-refractivity contribution < 1.29 is 71.4 Å². The van der Waals surface area contributed by atoms with Crippen molar-refractivity contribution in [1.82, 2.24) is 9.80 Å². The number of ether oxygens (including phenoxy) is 9. The Bertz CT molecular complexity index is 2780. The van der Waals surface area contributed by atoms with Crippen LogP contribution in [-0.4, -0.2) is 120 Å². The molecule has 0 saturated carbocycles. The highest BCUT2D eigenvalue weighted by Crippen LogP contribution is 2.41. The number of fused-ring (bicyclic) bond motifs is 2. The predicted octanol–water partition coefficient (Wildman–Crippen LogP) is 7.25. The van der Waals surface area contributed by atoms with Crippen LogP contribution in [0, 0.1) is 0 Å². The fraction of sp³-hybridized carbons (Fsp3) is 0.300. The number of carbonyl (C=O) groups is 6. The normalized spacial score (nSPS) is 24.9. The molecule has 0 unspecified atom stereocenters. The van der Waals surface area contributed by atoms with Crippen LogP contribution < -0.4 is 0 Å². The molecule has 17 nitrogen and oxygen atoms in total. The third-order valence-corrected chi connectivity index (χ3v) is 13.7. The van der Waals surface area contributed by atoms with Crippen molar-refractivity contribution in [1.29, 1.82) is 0 Å². The molecule has 2 fully saturated rings. The second-order valence-electron chi connectivity index (χ2n) is 18.9. The summed E-state index contributed by atoms with van der Waals surface area (Å²) in [6.45, 7) is 1.94. The third-order valence-electron chi connectivity index (χ3n) is 13.7. The van der Waals surface area contributed by atoms with E-state index in [1.54, 1.807) is 24.3 Å². The van der Waals surface area contributed by atoms with Crippen molar-refractivity contribution in [3.63, 3.8) is 0 Å². The monoisotopic (exact) mass is 1040 g/mol. The minimum absolute atomic E-state index is 0.0856. The summed E-state index contributed by atoms with van der Waals surface area (Å²) < 4.78 is 59.4. The Morgan fingerprint density at radius 3 is 0.987 bits per heavy atom. The van der Waals surface area contributed by atoms with Gasteiger partial charge in [0.25, 0.3) is 23.6 Å². The number of nitrogens with zero attached hydrogens (tertiary/aromatic N) is 2. The van der Waals surface area contributed by atoms with Crippen molar-refractivity contribution >= 4 is 35.6 Å². The largest absolute Gasteiger partial charge is 0.457 e. The van der Waals surface area contributed by atoms with Gasteiger partial charge in [0.2, 0.25) is 0 Å². The van der Waals surface area contributed by atoms with Gasteiger partial charge in [-0.3, -0.25) is 38.6 Å². The first kappa shape index (κ1) is 52.7. The van der Waals surface area contributed by atoms with Gasteiger partial charge in [0.15, 0.2) is 24.8 Å². The van der Waals surface area contributed by atoms with E-state index in [0.29, 0.717) is 11.1 Å². The first-order valence-electron chi connectivity index (χ1n) is 25.3. The molecule has 0 aromatic heterocycles. The molecule has 4 heterocycles. The Kier molecular flexibility index (Phi) is 16.5. The fourth-order valence-electron chi connectivity index (χ4n) is 10.2. The highest BCUT2D eigenvalue weighted by atomic mass is 16.8. The Balaban J connectivity index is 1.11. The van der Waals surface area contributed by atoms with Crippen LogP contribution in [0.15, 0.2) is 170 Å². The van der Waals surface area contributed by atoms with Gasteiger partial charge in [0.1, 0.15) is 36.5 Å². The van der Waals surface area contributed by atoms with Crippen molar-refractivity contribution in [2.45, 2.75) is 102 Å². The number of esters is 2. The number of hydrogen-bond donors (Lipinski definition) is 0. The van der Waals surface area contributed by atoms with Crippen LogP contribution in [0.3, 0.4) is 0 Å². The lowest BCUT2D eigenvalue weighted by Gasteiger charge is -2.51. The summed E-state index contributed by atoms with van der Waals surface area (Å²) in [5.41, 5.74) is 3.39. The second-order valence-corrected chi connectivity index (χ2v) is 18.9. The summed E-state index contributed by atoms with van der Waals surface area (Å²) >= 11 is 0. The first-order chi connectivity index (χ1) is 37.5. The highest BCUT2D eigenvalue weighted by Gasteiger charge is 2.61. The summed E-state index contributed by atoms with van der Waals surface area (Å²) in [6, 6.07) is 46.3. The van der Waals surface area contributed by atoms with Gasteiger partial charge < -0.3 is 42.6 Å². The van der Waals surface area contributed by atoms with E-state index in [9.17, 15) is 28.8 Å². The average molecular weight is 1050 g/mol. The van der Waals surface area contributed by atoms with Crippen LogP contribution in [0.2, 0.25) is 0 Å². The van der Waals surface area contributed by atoms with E-state index >= 15 is 0 Å². The SMILES string of the molecule is CC(=O)O[C@@H]1[C@H](OCc2ccccc2)[C@@H](N2C(=O)c3ccccc3C2=O)[C@H](O[C@@H]2O[C@H](COCc3ccccc3)[C@H](OC(C)=O)[C@H](OCc3ccccc3)[C@H]2N2C(=O)c3ccccc3C2=O)O[C@@H]1COCc1ccccc1. The van der Waals surface area contributed by atoms with Gasteiger partial charge in [-0.1, -0.05) is 146 Å². The molecule has 10 atom stereocenters. The smallest absolute Gasteiger partial charge is 0.303 e. The zero-order chi connectivity index (χ0) is 53.4. The van der Waals surface area contributed by atoms with Crippen molar-refractivity contribution in [3.8, 4) is 0 Å². The number of amides is 4. The maximum Gasteiger partial charge on any atom is 0.303 e. The molecule has 4 aliphatic rings. The van der Waals surface area contributed by atoms with Crippen LogP contribution in [-0.2, 0) is 78.6 Å².